The zero-order chi connectivity index (χ0) is 12.8. The Hall–Kier alpha value is -0.650. The highest BCUT2D eigenvalue weighted by Crippen LogP contribution is 2.13. The van der Waals surface area contributed by atoms with E-state index in [4.69, 9.17) is 9.57 Å². The highest BCUT2D eigenvalue weighted by molar-refractivity contribution is 5.74. The largest absolute Gasteiger partial charge is 0.357 e. The number of hydrogen-bond acceptors (Lipinski definition) is 4. The molecule has 0 saturated carbocycles. The first kappa shape index (κ1) is 14.4. The van der Waals surface area contributed by atoms with E-state index in [1.807, 2.05) is 9.96 Å². The van der Waals surface area contributed by atoms with Crippen molar-refractivity contribution in [3.05, 3.63) is 0 Å². The molecule has 0 atom stereocenters. The van der Waals surface area contributed by atoms with Gasteiger partial charge in [-0.05, 0) is 11.8 Å². The summed E-state index contributed by atoms with van der Waals surface area (Å²) in [7, 11) is 1.63. The monoisotopic (exact) mass is 244 g/mol. The molecule has 2 fully saturated rings. The van der Waals surface area contributed by atoms with Crippen LogP contribution in [0.25, 0.3) is 0 Å². The van der Waals surface area contributed by atoms with Crippen molar-refractivity contribution < 1.29 is 14.4 Å². The van der Waals surface area contributed by atoms with E-state index in [2.05, 4.69) is 13.8 Å². The van der Waals surface area contributed by atoms with Gasteiger partial charge in [-0.2, -0.15) is 5.06 Å². The molecule has 17 heavy (non-hydrogen) atoms. The third-order valence-electron chi connectivity index (χ3n) is 2.89. The van der Waals surface area contributed by atoms with Gasteiger partial charge in [-0.25, -0.2) is 0 Å². The third-order valence-corrected chi connectivity index (χ3v) is 2.89. The zero-order valence-electron chi connectivity index (χ0n) is 11.3. The minimum absolute atomic E-state index is 0.211. The quantitative estimate of drug-likeness (QED) is 0.693. The second-order valence-corrected chi connectivity index (χ2v) is 5.02. The zero-order valence-corrected chi connectivity index (χ0v) is 11.3. The van der Waals surface area contributed by atoms with Crippen LogP contribution < -0.4 is 0 Å². The maximum Gasteiger partial charge on any atom is 0.219 e. The summed E-state index contributed by atoms with van der Waals surface area (Å²) >= 11 is 0. The van der Waals surface area contributed by atoms with Gasteiger partial charge in [0.1, 0.15) is 0 Å². The number of hydrogen-bond donors (Lipinski definition) is 0. The molecule has 0 radical (unpaired) electrons. The molecule has 0 unspecified atom stereocenters. The molecule has 0 bridgehead atoms. The van der Waals surface area contributed by atoms with E-state index in [0.29, 0.717) is 6.79 Å². The Kier molecular flexibility index (Phi) is 5.88. The van der Waals surface area contributed by atoms with E-state index >= 15 is 0 Å². The summed E-state index contributed by atoms with van der Waals surface area (Å²) in [6.45, 7) is 10.4. The van der Waals surface area contributed by atoms with E-state index in [1.54, 1.807) is 14.0 Å². The van der Waals surface area contributed by atoms with Crippen molar-refractivity contribution in [3.63, 3.8) is 0 Å². The molecule has 2 heterocycles. The van der Waals surface area contributed by atoms with E-state index in [-0.39, 0.29) is 5.91 Å². The van der Waals surface area contributed by atoms with Gasteiger partial charge in [0.25, 0.3) is 0 Å². The van der Waals surface area contributed by atoms with Crippen LogP contribution in [-0.4, -0.2) is 56.0 Å². The van der Waals surface area contributed by atoms with Gasteiger partial charge in [0, 0.05) is 40.2 Å². The van der Waals surface area contributed by atoms with E-state index in [0.717, 1.165) is 38.0 Å². The first-order valence-electron chi connectivity index (χ1n) is 6.15. The molecule has 0 aromatic rings. The molecular weight excluding hydrogens is 220 g/mol. The highest BCUT2D eigenvalue weighted by Gasteiger charge is 2.23. The van der Waals surface area contributed by atoms with E-state index < -0.39 is 0 Å². The van der Waals surface area contributed by atoms with Crippen LogP contribution in [0.1, 0.15) is 20.8 Å². The second kappa shape index (κ2) is 6.93. The van der Waals surface area contributed by atoms with Crippen molar-refractivity contribution in [3.8, 4) is 0 Å². The Morgan fingerprint density at radius 3 is 2.00 bits per heavy atom. The smallest absolute Gasteiger partial charge is 0.219 e. The third kappa shape index (κ3) is 5.02. The molecule has 2 rings (SSSR count). The molecular formula is C12H24N2O3. The molecule has 2 aliphatic heterocycles. The average molecular weight is 244 g/mol. The fourth-order valence-corrected chi connectivity index (χ4v) is 1.83. The summed E-state index contributed by atoms with van der Waals surface area (Å²) in [5, 5.41) is 1.91. The summed E-state index contributed by atoms with van der Waals surface area (Å²) < 4.78 is 4.72. The Labute approximate surface area is 104 Å². The molecule has 5 heteroatoms. The van der Waals surface area contributed by atoms with Gasteiger partial charge in [0.2, 0.25) is 5.91 Å². The summed E-state index contributed by atoms with van der Waals surface area (Å²) in [4.78, 5) is 17.5. The molecule has 2 saturated heterocycles. The van der Waals surface area contributed by atoms with Crippen LogP contribution in [0.2, 0.25) is 0 Å². The maximum absolute atomic E-state index is 10.5. The number of hydroxylamine groups is 2. The molecule has 0 spiro atoms. The normalized spacial score (nSPS) is 21.3. The highest BCUT2D eigenvalue weighted by atomic mass is 16.8. The number of ether oxygens (including phenoxy) is 1. The van der Waals surface area contributed by atoms with Crippen molar-refractivity contribution in [1.29, 1.82) is 0 Å². The molecule has 2 aliphatic rings. The van der Waals surface area contributed by atoms with Crippen molar-refractivity contribution in [1.82, 2.24) is 9.96 Å². The molecule has 100 valence electrons. The number of carbonyl (C=O) groups excluding carboxylic acids is 1. The van der Waals surface area contributed by atoms with Crippen LogP contribution in [-0.2, 0) is 14.4 Å². The predicted octanol–water partition coefficient (Wildman–Crippen LogP) is 0.958. The number of amides is 1. The molecule has 0 aromatic carbocycles. The van der Waals surface area contributed by atoms with Crippen molar-refractivity contribution in [2.45, 2.75) is 20.8 Å². The van der Waals surface area contributed by atoms with Crippen LogP contribution >= 0.6 is 0 Å². The number of likely N-dealkylation sites (tertiary alicyclic amines) is 1. The Morgan fingerprint density at radius 1 is 1.18 bits per heavy atom. The number of carbonyl (C=O) groups is 1. The average Bonchev–Trinajstić information content (AvgIpc) is 2.19. The SMILES string of the molecule is CC(=O)N1CC(C)C1.COCON1CC(C)C1. The first-order valence-corrected chi connectivity index (χ1v) is 6.15. The van der Waals surface area contributed by atoms with Crippen LogP contribution in [0, 0.1) is 11.8 Å². The molecule has 1 amide bonds. The van der Waals surface area contributed by atoms with Gasteiger partial charge >= 0.3 is 0 Å². The van der Waals surface area contributed by atoms with Gasteiger partial charge in [-0.15, -0.1) is 0 Å². The van der Waals surface area contributed by atoms with Crippen molar-refractivity contribution in [2.75, 3.05) is 40.1 Å². The van der Waals surface area contributed by atoms with E-state index in [1.165, 1.54) is 0 Å². The van der Waals surface area contributed by atoms with E-state index in [9.17, 15) is 4.79 Å². The Bertz CT molecular complexity index is 236. The standard InChI is InChI=1S/C6H13NO2.C6H11NO/c1-6-3-7(4-6)9-5-8-2;1-5-3-7(4-5)6(2)8/h6H,3-5H2,1-2H3;5H,3-4H2,1-2H3. The minimum atomic E-state index is 0.211. The minimum Gasteiger partial charge on any atom is -0.357 e. The lowest BCUT2D eigenvalue weighted by molar-refractivity contribution is -0.260. The van der Waals surface area contributed by atoms with Crippen LogP contribution in [0.4, 0.5) is 0 Å². The Balaban J connectivity index is 0.000000171. The summed E-state index contributed by atoms with van der Waals surface area (Å²) in [6, 6.07) is 0. The van der Waals surface area contributed by atoms with Gasteiger partial charge in [-0.3, -0.25) is 9.63 Å². The maximum atomic E-state index is 10.5. The van der Waals surface area contributed by atoms with Gasteiger partial charge in [-0.1, -0.05) is 13.8 Å². The van der Waals surface area contributed by atoms with Gasteiger partial charge in [0.15, 0.2) is 6.79 Å². The molecule has 0 aliphatic carbocycles. The summed E-state index contributed by atoms with van der Waals surface area (Å²) in [5.74, 6) is 1.74. The second-order valence-electron chi connectivity index (χ2n) is 5.02. The van der Waals surface area contributed by atoms with Crippen LogP contribution in [0.5, 0.6) is 0 Å². The lowest BCUT2D eigenvalue weighted by atomic mass is 10.0. The lowest BCUT2D eigenvalue weighted by Crippen LogP contribution is -2.47. The predicted molar refractivity (Wildman–Crippen MR) is 65.1 cm³/mol. The fraction of sp³-hybridized carbons (Fsp3) is 0.917. The number of rotatable bonds is 3. The fourth-order valence-electron chi connectivity index (χ4n) is 1.83. The van der Waals surface area contributed by atoms with Gasteiger partial charge < -0.3 is 9.64 Å². The molecule has 0 N–H and O–H groups in total. The molecule has 0 aromatic heterocycles. The lowest BCUT2D eigenvalue weighted by Gasteiger charge is -2.36. The molecule has 5 nitrogen and oxygen atoms in total. The number of methoxy groups -OCH3 is 1. The number of nitrogens with zero attached hydrogens (tertiary/aromatic N) is 2. The summed E-state index contributed by atoms with van der Waals surface area (Å²) in [5.41, 5.74) is 0. The Morgan fingerprint density at radius 2 is 1.71 bits per heavy atom. The summed E-state index contributed by atoms with van der Waals surface area (Å²) in [6.07, 6.45) is 0. The van der Waals surface area contributed by atoms with Crippen molar-refractivity contribution in [2.24, 2.45) is 11.8 Å². The first-order chi connectivity index (χ1) is 8.02. The van der Waals surface area contributed by atoms with Crippen molar-refractivity contribution >= 4 is 5.91 Å². The van der Waals surface area contributed by atoms with Crippen LogP contribution in [0.3, 0.4) is 0 Å². The topological polar surface area (TPSA) is 42.0 Å². The van der Waals surface area contributed by atoms with Crippen LogP contribution in [0.15, 0.2) is 0 Å². The van der Waals surface area contributed by atoms with Gasteiger partial charge in [0.05, 0.1) is 0 Å².